The Morgan fingerprint density at radius 2 is 1.80 bits per heavy atom. The maximum atomic E-state index is 10.7. The molecule has 5 heteroatoms. The summed E-state index contributed by atoms with van der Waals surface area (Å²) in [4.78, 5) is 0. The molecule has 0 heterocycles. The molecule has 0 spiro atoms. The van der Waals surface area contributed by atoms with Crippen molar-refractivity contribution in [2.75, 3.05) is 5.94 Å². The highest BCUT2D eigenvalue weighted by Gasteiger charge is 2.17. The number of sulfonamides is 1. The third kappa shape index (κ3) is 4.72. The van der Waals surface area contributed by atoms with Crippen LogP contribution in [0, 0.1) is 0 Å². The highest BCUT2D eigenvalue weighted by molar-refractivity contribution is 7.89. The van der Waals surface area contributed by atoms with Crippen LogP contribution in [-0.4, -0.2) is 25.0 Å². The van der Waals surface area contributed by atoms with Gasteiger partial charge in [-0.3, -0.25) is 0 Å². The smallest absolute Gasteiger partial charge is 0.236 e. The van der Waals surface area contributed by atoms with Crippen molar-refractivity contribution >= 4 is 10.0 Å². The average Bonchev–Trinajstić information content (AvgIpc) is 1.60. The summed E-state index contributed by atoms with van der Waals surface area (Å²) in [6.07, 6.45) is 0. The summed E-state index contributed by atoms with van der Waals surface area (Å²) in [5.41, 5.74) is -0.512. The summed E-state index contributed by atoms with van der Waals surface area (Å²) in [6.45, 7) is 5.13. The van der Waals surface area contributed by atoms with E-state index in [1.54, 1.807) is 20.8 Å². The monoisotopic (exact) mass is 167 g/mol. The molecule has 0 unspecified atom stereocenters. The largest absolute Gasteiger partial charge is 0.379 e. The number of aliphatic hydroxyl groups excluding tert-OH is 1. The molecule has 2 N–H and O–H groups in total. The third-order valence-corrected chi connectivity index (χ3v) is 1.89. The Labute approximate surface area is 61.3 Å². The first-order valence-corrected chi connectivity index (χ1v) is 4.54. The van der Waals surface area contributed by atoms with E-state index >= 15 is 0 Å². The fourth-order valence-electron chi connectivity index (χ4n) is 0.499. The van der Waals surface area contributed by atoms with Crippen LogP contribution in [0.3, 0.4) is 0 Å². The summed E-state index contributed by atoms with van der Waals surface area (Å²) in [7, 11) is -3.47. The van der Waals surface area contributed by atoms with Crippen LogP contribution < -0.4 is 4.72 Å². The summed E-state index contributed by atoms with van der Waals surface area (Å²) >= 11 is 0. The zero-order chi connectivity index (χ0) is 8.41. The maximum Gasteiger partial charge on any atom is 0.236 e. The van der Waals surface area contributed by atoms with Gasteiger partial charge in [0, 0.05) is 5.54 Å². The number of nitrogens with one attached hydrogen (secondary N) is 1. The molecule has 0 aliphatic carbocycles. The first kappa shape index (κ1) is 9.87. The predicted octanol–water partition coefficient (Wildman–Crippen LogP) is -0.346. The molecule has 0 aromatic carbocycles. The summed E-state index contributed by atoms with van der Waals surface area (Å²) in [5.74, 6) is -0.857. The molecule has 4 nitrogen and oxygen atoms in total. The van der Waals surface area contributed by atoms with E-state index in [0.29, 0.717) is 0 Å². The standard InChI is InChI=1S/C5H13NO3S/c1-5(2,3)6-10(8,9)4-7/h6-7H,4H2,1-3H3. The molecule has 62 valence electrons. The Balaban J connectivity index is 4.18. The molecule has 0 bridgehead atoms. The van der Waals surface area contributed by atoms with Crippen molar-refractivity contribution in [2.45, 2.75) is 26.3 Å². The van der Waals surface area contributed by atoms with Gasteiger partial charge in [0.1, 0.15) is 0 Å². The molecule has 0 amide bonds. The zero-order valence-corrected chi connectivity index (χ0v) is 7.20. The van der Waals surface area contributed by atoms with Gasteiger partial charge < -0.3 is 5.11 Å². The van der Waals surface area contributed by atoms with Crippen LogP contribution in [0.25, 0.3) is 0 Å². The molecule has 0 aromatic rings. The van der Waals surface area contributed by atoms with Crippen molar-refractivity contribution in [3.8, 4) is 0 Å². The predicted molar refractivity (Wildman–Crippen MR) is 38.9 cm³/mol. The molecule has 0 fully saturated rings. The van der Waals surface area contributed by atoms with Crippen LogP contribution in [0.15, 0.2) is 0 Å². The van der Waals surface area contributed by atoms with Crippen molar-refractivity contribution in [1.29, 1.82) is 0 Å². The van der Waals surface area contributed by atoms with Gasteiger partial charge in [0.15, 0.2) is 5.94 Å². The van der Waals surface area contributed by atoms with Crippen molar-refractivity contribution in [2.24, 2.45) is 0 Å². The maximum absolute atomic E-state index is 10.7. The highest BCUT2D eigenvalue weighted by Crippen LogP contribution is 2.00. The second-order valence-corrected chi connectivity index (χ2v) is 4.79. The molecule has 0 aliphatic rings. The molecular formula is C5H13NO3S. The highest BCUT2D eigenvalue weighted by atomic mass is 32.2. The van der Waals surface area contributed by atoms with Crippen molar-refractivity contribution < 1.29 is 13.5 Å². The number of hydrogen-bond acceptors (Lipinski definition) is 3. The van der Waals surface area contributed by atoms with Crippen molar-refractivity contribution in [3.05, 3.63) is 0 Å². The van der Waals surface area contributed by atoms with Crippen molar-refractivity contribution in [3.63, 3.8) is 0 Å². The summed E-state index contributed by atoms with van der Waals surface area (Å²) in [6, 6.07) is 0. The third-order valence-electron chi connectivity index (χ3n) is 0.632. The molecule has 0 saturated heterocycles. The van der Waals surface area contributed by atoms with Crippen LogP contribution >= 0.6 is 0 Å². The fraction of sp³-hybridized carbons (Fsp3) is 1.00. The number of hydrogen-bond donors (Lipinski definition) is 2. The molecule has 0 rings (SSSR count). The molecular weight excluding hydrogens is 154 g/mol. The molecule has 10 heavy (non-hydrogen) atoms. The molecule has 0 atom stereocenters. The summed E-state index contributed by atoms with van der Waals surface area (Å²) < 4.78 is 23.6. The zero-order valence-electron chi connectivity index (χ0n) is 6.38. The normalized spacial score (nSPS) is 13.6. The van der Waals surface area contributed by atoms with Gasteiger partial charge in [0.25, 0.3) is 0 Å². The first-order valence-electron chi connectivity index (χ1n) is 2.89. The Kier molecular flexibility index (Phi) is 2.82. The van der Waals surface area contributed by atoms with Crippen LogP contribution in [-0.2, 0) is 10.0 Å². The van der Waals surface area contributed by atoms with E-state index in [2.05, 4.69) is 4.72 Å². The lowest BCUT2D eigenvalue weighted by molar-refractivity contribution is 0.350. The van der Waals surface area contributed by atoms with Gasteiger partial charge in [-0.15, -0.1) is 0 Å². The van der Waals surface area contributed by atoms with Gasteiger partial charge in [-0.1, -0.05) is 0 Å². The van der Waals surface area contributed by atoms with Crippen LogP contribution in [0.1, 0.15) is 20.8 Å². The minimum atomic E-state index is -3.47. The topological polar surface area (TPSA) is 66.4 Å². The second-order valence-electron chi connectivity index (χ2n) is 3.10. The van der Waals surface area contributed by atoms with Crippen LogP contribution in [0.5, 0.6) is 0 Å². The second kappa shape index (κ2) is 2.86. The lowest BCUT2D eigenvalue weighted by Crippen LogP contribution is -2.41. The lowest BCUT2D eigenvalue weighted by Gasteiger charge is -2.18. The Morgan fingerprint density at radius 3 is 1.90 bits per heavy atom. The van der Waals surface area contributed by atoms with E-state index in [0.717, 1.165) is 0 Å². The molecule has 0 aliphatic heterocycles. The van der Waals surface area contributed by atoms with Crippen molar-refractivity contribution in [1.82, 2.24) is 4.72 Å². The summed E-state index contributed by atoms with van der Waals surface area (Å²) in [5, 5.41) is 8.31. The molecule has 0 saturated carbocycles. The van der Waals surface area contributed by atoms with Gasteiger partial charge in [0.05, 0.1) is 0 Å². The SMILES string of the molecule is CC(C)(C)NS(=O)(=O)CO. The number of rotatable bonds is 2. The van der Waals surface area contributed by atoms with Gasteiger partial charge in [0.2, 0.25) is 10.0 Å². The van der Waals surface area contributed by atoms with E-state index in [4.69, 9.17) is 5.11 Å². The Bertz CT molecular complexity index is 189. The fourth-order valence-corrected chi connectivity index (χ4v) is 1.50. The van der Waals surface area contributed by atoms with Gasteiger partial charge in [-0.25, -0.2) is 13.1 Å². The van der Waals surface area contributed by atoms with Gasteiger partial charge >= 0.3 is 0 Å². The van der Waals surface area contributed by atoms with E-state index in [9.17, 15) is 8.42 Å². The molecule has 0 radical (unpaired) electrons. The Hall–Kier alpha value is -0.130. The van der Waals surface area contributed by atoms with E-state index in [-0.39, 0.29) is 0 Å². The lowest BCUT2D eigenvalue weighted by atomic mass is 10.1. The Morgan fingerprint density at radius 1 is 1.40 bits per heavy atom. The van der Waals surface area contributed by atoms with E-state index in [1.165, 1.54) is 0 Å². The minimum Gasteiger partial charge on any atom is -0.379 e. The average molecular weight is 167 g/mol. The number of aliphatic hydroxyl groups is 1. The van der Waals surface area contributed by atoms with Gasteiger partial charge in [-0.2, -0.15) is 0 Å². The van der Waals surface area contributed by atoms with E-state index in [1.807, 2.05) is 0 Å². The van der Waals surface area contributed by atoms with E-state index < -0.39 is 21.5 Å². The van der Waals surface area contributed by atoms with Crippen LogP contribution in [0.2, 0.25) is 0 Å². The van der Waals surface area contributed by atoms with Crippen LogP contribution in [0.4, 0.5) is 0 Å². The quantitative estimate of drug-likeness (QED) is 0.591. The molecule has 0 aromatic heterocycles. The minimum absolute atomic E-state index is 0.512. The van der Waals surface area contributed by atoms with Gasteiger partial charge in [-0.05, 0) is 20.8 Å². The first-order chi connectivity index (χ1) is 4.27.